The van der Waals surface area contributed by atoms with Gasteiger partial charge in [0, 0.05) is 6.54 Å². The predicted molar refractivity (Wildman–Crippen MR) is 82.9 cm³/mol. The smallest absolute Gasteiger partial charge is 0.291 e. The molecule has 5 nitrogen and oxygen atoms in total. The van der Waals surface area contributed by atoms with Crippen molar-refractivity contribution in [2.45, 2.75) is 45.7 Å². The molecule has 0 radical (unpaired) electrons. The number of aromatic nitrogens is 2. The lowest BCUT2D eigenvalue weighted by Crippen LogP contribution is -2.36. The van der Waals surface area contributed by atoms with Gasteiger partial charge in [-0.2, -0.15) is 5.10 Å². The average Bonchev–Trinajstić information content (AvgIpc) is 2.35. The minimum Gasteiger partial charge on any atom is -0.394 e. The Morgan fingerprint density at radius 2 is 2.25 bits per heavy atom. The van der Waals surface area contributed by atoms with E-state index in [9.17, 15) is 9.90 Å². The molecule has 1 unspecified atom stereocenters. The van der Waals surface area contributed by atoms with Crippen LogP contribution in [0.5, 0.6) is 0 Å². The molecule has 6 heteroatoms. The van der Waals surface area contributed by atoms with Gasteiger partial charge in [-0.1, -0.05) is 20.3 Å². The van der Waals surface area contributed by atoms with Crippen LogP contribution >= 0.6 is 15.9 Å². The lowest BCUT2D eigenvalue weighted by molar-refractivity contribution is 0.248. The van der Waals surface area contributed by atoms with Crippen LogP contribution in [0, 0.1) is 11.8 Å². The van der Waals surface area contributed by atoms with Gasteiger partial charge in [-0.25, -0.2) is 4.68 Å². The Labute approximate surface area is 127 Å². The Kier molecular flexibility index (Phi) is 5.21. The summed E-state index contributed by atoms with van der Waals surface area (Å²) in [6.45, 7) is 4.70. The Bertz CT molecular complexity index is 512. The zero-order valence-corrected chi connectivity index (χ0v) is 13.6. The maximum absolute atomic E-state index is 12.5. The molecular weight excluding hydrogens is 322 g/mol. The van der Waals surface area contributed by atoms with E-state index in [0.717, 1.165) is 0 Å². The summed E-state index contributed by atoms with van der Waals surface area (Å²) in [6, 6.07) is -0.140. The molecule has 1 aromatic rings. The number of aliphatic hydroxyl groups excluding tert-OH is 1. The topological polar surface area (TPSA) is 67.2 Å². The predicted octanol–water partition coefficient (Wildman–Crippen LogP) is 2.23. The van der Waals surface area contributed by atoms with Crippen molar-refractivity contribution in [1.82, 2.24) is 9.78 Å². The zero-order chi connectivity index (χ0) is 14.7. The largest absolute Gasteiger partial charge is 0.394 e. The zero-order valence-electron chi connectivity index (χ0n) is 12.0. The number of hydrogen-bond donors (Lipinski definition) is 2. The first-order valence-electron chi connectivity index (χ1n) is 7.16. The molecule has 0 aliphatic heterocycles. The fourth-order valence-electron chi connectivity index (χ4n) is 2.26. The summed E-state index contributed by atoms with van der Waals surface area (Å²) in [5.74, 6) is 0.813. The number of rotatable bonds is 6. The Hall–Kier alpha value is -0.880. The molecule has 1 aliphatic rings. The highest BCUT2D eigenvalue weighted by atomic mass is 79.9. The van der Waals surface area contributed by atoms with E-state index in [2.05, 4.69) is 26.3 Å². The van der Waals surface area contributed by atoms with Crippen molar-refractivity contribution in [2.75, 3.05) is 11.9 Å². The summed E-state index contributed by atoms with van der Waals surface area (Å²) in [5, 5.41) is 16.7. The molecule has 1 saturated carbocycles. The van der Waals surface area contributed by atoms with Crippen LogP contribution in [-0.4, -0.2) is 27.5 Å². The number of anilines is 1. The summed E-state index contributed by atoms with van der Waals surface area (Å²) in [5.41, 5.74) is 0.373. The van der Waals surface area contributed by atoms with Crippen LogP contribution in [0.4, 0.5) is 5.69 Å². The second-order valence-corrected chi connectivity index (χ2v) is 6.68. The highest BCUT2D eigenvalue weighted by Gasteiger charge is 2.21. The molecule has 0 amide bonds. The molecule has 1 heterocycles. The van der Waals surface area contributed by atoms with Crippen molar-refractivity contribution >= 4 is 21.6 Å². The third kappa shape index (κ3) is 3.41. The van der Waals surface area contributed by atoms with E-state index in [0.29, 0.717) is 22.6 Å². The van der Waals surface area contributed by atoms with Crippen molar-refractivity contribution in [3.63, 3.8) is 0 Å². The van der Waals surface area contributed by atoms with Gasteiger partial charge in [0.25, 0.3) is 5.56 Å². The standard InChI is InChI=1S/C14H22BrN3O2/c1-9(2)12(8-19)17-13-11(15)6-16-18(14(13)20)7-10-4-3-5-10/h6,9-10,12,17,19H,3-5,7-8H2,1-2H3. The molecule has 2 N–H and O–H groups in total. The summed E-state index contributed by atoms with van der Waals surface area (Å²) in [7, 11) is 0. The van der Waals surface area contributed by atoms with Gasteiger partial charge in [-0.15, -0.1) is 0 Å². The fourth-order valence-corrected chi connectivity index (χ4v) is 2.63. The molecule has 20 heavy (non-hydrogen) atoms. The van der Waals surface area contributed by atoms with Crippen molar-refractivity contribution in [2.24, 2.45) is 11.8 Å². The summed E-state index contributed by atoms with van der Waals surface area (Å²) < 4.78 is 2.18. The van der Waals surface area contributed by atoms with Crippen LogP contribution < -0.4 is 10.9 Å². The van der Waals surface area contributed by atoms with Crippen molar-refractivity contribution in [3.8, 4) is 0 Å². The Balaban J connectivity index is 2.22. The number of hydrogen-bond acceptors (Lipinski definition) is 4. The molecule has 0 saturated heterocycles. The van der Waals surface area contributed by atoms with Crippen molar-refractivity contribution in [3.05, 3.63) is 21.0 Å². The van der Waals surface area contributed by atoms with Crippen molar-refractivity contribution < 1.29 is 5.11 Å². The molecule has 1 atom stereocenters. The second kappa shape index (κ2) is 6.72. The van der Waals surface area contributed by atoms with E-state index < -0.39 is 0 Å². The van der Waals surface area contributed by atoms with E-state index in [-0.39, 0.29) is 24.1 Å². The van der Waals surface area contributed by atoms with Gasteiger partial charge >= 0.3 is 0 Å². The highest BCUT2D eigenvalue weighted by Crippen LogP contribution is 2.27. The average molecular weight is 344 g/mol. The quantitative estimate of drug-likeness (QED) is 0.831. The van der Waals surface area contributed by atoms with Crippen LogP contribution in [0.3, 0.4) is 0 Å². The fraction of sp³-hybridized carbons (Fsp3) is 0.714. The van der Waals surface area contributed by atoms with Gasteiger partial charge < -0.3 is 10.4 Å². The van der Waals surface area contributed by atoms with Gasteiger partial charge in [-0.05, 0) is 40.6 Å². The van der Waals surface area contributed by atoms with E-state index in [1.165, 1.54) is 23.9 Å². The molecular formula is C14H22BrN3O2. The van der Waals surface area contributed by atoms with Crippen LogP contribution in [0.1, 0.15) is 33.1 Å². The molecule has 0 bridgehead atoms. The Morgan fingerprint density at radius 1 is 1.55 bits per heavy atom. The van der Waals surface area contributed by atoms with Crippen LogP contribution in [0.15, 0.2) is 15.5 Å². The monoisotopic (exact) mass is 343 g/mol. The third-order valence-corrected chi connectivity index (χ3v) is 4.59. The minimum absolute atomic E-state index is 0.00546. The van der Waals surface area contributed by atoms with Crippen molar-refractivity contribution in [1.29, 1.82) is 0 Å². The van der Waals surface area contributed by atoms with E-state index >= 15 is 0 Å². The molecule has 1 aliphatic carbocycles. The lowest BCUT2D eigenvalue weighted by Gasteiger charge is -2.26. The molecule has 1 fully saturated rings. The highest BCUT2D eigenvalue weighted by molar-refractivity contribution is 9.10. The normalized spacial score (nSPS) is 17.1. The first kappa shape index (κ1) is 15.5. The minimum atomic E-state index is -0.140. The van der Waals surface area contributed by atoms with Gasteiger partial charge in [0.2, 0.25) is 0 Å². The van der Waals surface area contributed by atoms with Crippen LogP contribution in [-0.2, 0) is 6.54 Å². The molecule has 0 spiro atoms. The second-order valence-electron chi connectivity index (χ2n) is 5.83. The van der Waals surface area contributed by atoms with Gasteiger partial charge in [0.15, 0.2) is 0 Å². The first-order chi connectivity index (χ1) is 9.52. The van der Waals surface area contributed by atoms with Gasteiger partial charge in [0.1, 0.15) is 5.69 Å². The van der Waals surface area contributed by atoms with Gasteiger partial charge in [-0.3, -0.25) is 4.79 Å². The Morgan fingerprint density at radius 3 is 2.75 bits per heavy atom. The molecule has 0 aromatic carbocycles. The van der Waals surface area contributed by atoms with E-state index in [4.69, 9.17) is 0 Å². The lowest BCUT2D eigenvalue weighted by atomic mass is 9.85. The SMILES string of the molecule is CC(C)C(CO)Nc1c(Br)cnn(CC2CCC2)c1=O. The van der Waals surface area contributed by atoms with E-state index in [1.807, 2.05) is 13.8 Å². The van der Waals surface area contributed by atoms with Gasteiger partial charge in [0.05, 0.1) is 23.3 Å². The summed E-state index contributed by atoms with van der Waals surface area (Å²) >= 11 is 3.37. The third-order valence-electron chi connectivity index (χ3n) is 3.98. The number of nitrogens with zero attached hydrogens (tertiary/aromatic N) is 2. The number of nitrogens with one attached hydrogen (secondary N) is 1. The van der Waals surface area contributed by atoms with Crippen LogP contribution in [0.25, 0.3) is 0 Å². The summed E-state index contributed by atoms with van der Waals surface area (Å²) in [6.07, 6.45) is 5.26. The summed E-state index contributed by atoms with van der Waals surface area (Å²) in [4.78, 5) is 12.5. The molecule has 1 aromatic heterocycles. The maximum Gasteiger partial charge on any atom is 0.291 e. The first-order valence-corrected chi connectivity index (χ1v) is 7.95. The number of aliphatic hydroxyl groups is 1. The van der Waals surface area contributed by atoms with E-state index in [1.54, 1.807) is 6.20 Å². The molecule has 2 rings (SSSR count). The maximum atomic E-state index is 12.5. The molecule has 112 valence electrons. The number of halogens is 1. The van der Waals surface area contributed by atoms with Crippen LogP contribution in [0.2, 0.25) is 0 Å².